The van der Waals surface area contributed by atoms with Crippen LogP contribution in [-0.2, 0) is 39.8 Å². The molecule has 1 aromatic rings. The number of ether oxygens (including phenoxy) is 4. The Morgan fingerprint density at radius 3 is 2.43 bits per heavy atom. The molecule has 1 aromatic carbocycles. The standard InChI is InChI=1S/C21H22O7/c1-5-8-12-9-6-7-10-13(12)14-11-21(20(24)27-4)16(19(23)26-3)15(17(14)28-21)18(22)25-2/h5-7,9-10,14,17H,1,8,11H2,2-4H3. The number of benzene rings is 1. The maximum absolute atomic E-state index is 12.7. The lowest BCUT2D eigenvalue weighted by molar-refractivity contribution is -0.162. The first kappa shape index (κ1) is 19.8. The van der Waals surface area contributed by atoms with Crippen LogP contribution < -0.4 is 0 Å². The summed E-state index contributed by atoms with van der Waals surface area (Å²) in [6.45, 7) is 3.78. The first-order valence-corrected chi connectivity index (χ1v) is 8.81. The fraction of sp³-hybridized carbons (Fsp3) is 0.381. The maximum Gasteiger partial charge on any atom is 0.343 e. The second-order valence-corrected chi connectivity index (χ2v) is 6.63. The van der Waals surface area contributed by atoms with E-state index in [-0.39, 0.29) is 23.5 Å². The summed E-state index contributed by atoms with van der Waals surface area (Å²) in [7, 11) is 3.60. The summed E-state index contributed by atoms with van der Waals surface area (Å²) in [6.07, 6.45) is 1.72. The molecule has 0 aliphatic carbocycles. The predicted molar refractivity (Wildman–Crippen MR) is 98.4 cm³/mol. The Bertz CT molecular complexity index is 869. The summed E-state index contributed by atoms with van der Waals surface area (Å²) in [4.78, 5) is 37.7. The van der Waals surface area contributed by atoms with Crippen molar-refractivity contribution in [1.29, 1.82) is 0 Å². The highest BCUT2D eigenvalue weighted by atomic mass is 16.6. The van der Waals surface area contributed by atoms with Crippen LogP contribution in [0.4, 0.5) is 0 Å². The van der Waals surface area contributed by atoms with Gasteiger partial charge in [-0.15, -0.1) is 6.58 Å². The molecule has 0 N–H and O–H groups in total. The van der Waals surface area contributed by atoms with Crippen LogP contribution in [-0.4, -0.2) is 50.9 Å². The number of allylic oxidation sites excluding steroid dienone is 1. The highest BCUT2D eigenvalue weighted by molar-refractivity contribution is 6.09. The zero-order chi connectivity index (χ0) is 20.5. The molecule has 1 fully saturated rings. The van der Waals surface area contributed by atoms with Crippen molar-refractivity contribution in [2.24, 2.45) is 0 Å². The fourth-order valence-corrected chi connectivity index (χ4v) is 4.16. The Labute approximate surface area is 162 Å². The second-order valence-electron chi connectivity index (χ2n) is 6.63. The Hall–Kier alpha value is -2.93. The molecule has 2 heterocycles. The number of carbonyl (C=O) groups excluding carboxylic acids is 3. The summed E-state index contributed by atoms with van der Waals surface area (Å²) in [5, 5.41) is 0. The summed E-state index contributed by atoms with van der Waals surface area (Å²) in [5.74, 6) is -2.63. The van der Waals surface area contributed by atoms with Gasteiger partial charge < -0.3 is 18.9 Å². The molecule has 0 amide bonds. The quantitative estimate of drug-likeness (QED) is 0.419. The third-order valence-corrected chi connectivity index (χ3v) is 5.29. The van der Waals surface area contributed by atoms with Crippen LogP contribution in [0.5, 0.6) is 0 Å². The largest absolute Gasteiger partial charge is 0.467 e. The molecule has 2 aliphatic heterocycles. The zero-order valence-electron chi connectivity index (χ0n) is 16.0. The molecular weight excluding hydrogens is 364 g/mol. The van der Waals surface area contributed by atoms with Gasteiger partial charge in [0.15, 0.2) is 5.60 Å². The first-order chi connectivity index (χ1) is 13.4. The van der Waals surface area contributed by atoms with Crippen molar-refractivity contribution in [2.75, 3.05) is 21.3 Å². The maximum atomic E-state index is 12.7. The number of carbonyl (C=O) groups is 3. The molecule has 3 rings (SSSR count). The highest BCUT2D eigenvalue weighted by Gasteiger charge is 2.66. The minimum absolute atomic E-state index is 0.00408. The summed E-state index contributed by atoms with van der Waals surface area (Å²) in [6, 6.07) is 7.66. The van der Waals surface area contributed by atoms with Crippen LogP contribution in [0.15, 0.2) is 48.1 Å². The monoisotopic (exact) mass is 386 g/mol. The topological polar surface area (TPSA) is 88.1 Å². The summed E-state index contributed by atoms with van der Waals surface area (Å²) in [5.41, 5.74) is 0.0775. The molecule has 0 spiro atoms. The van der Waals surface area contributed by atoms with Crippen LogP contribution in [0, 0.1) is 0 Å². The van der Waals surface area contributed by atoms with Crippen molar-refractivity contribution in [3.8, 4) is 0 Å². The van der Waals surface area contributed by atoms with Gasteiger partial charge >= 0.3 is 17.9 Å². The summed E-state index contributed by atoms with van der Waals surface area (Å²) >= 11 is 0. The third-order valence-electron chi connectivity index (χ3n) is 5.29. The molecule has 3 unspecified atom stereocenters. The smallest absolute Gasteiger partial charge is 0.343 e. The molecule has 7 nitrogen and oxygen atoms in total. The second kappa shape index (κ2) is 7.59. The molecule has 28 heavy (non-hydrogen) atoms. The van der Waals surface area contributed by atoms with E-state index in [9.17, 15) is 14.4 Å². The average Bonchev–Trinajstić information content (AvgIpc) is 3.27. The SMILES string of the molecule is C=CCc1ccccc1C1CC2(C(=O)OC)OC1C(C(=O)OC)=C2C(=O)OC. The van der Waals surface area contributed by atoms with Gasteiger partial charge in [-0.25, -0.2) is 14.4 Å². The number of fused-ring (bicyclic) bond motifs is 2. The van der Waals surface area contributed by atoms with Crippen molar-refractivity contribution in [3.05, 3.63) is 59.2 Å². The Balaban J connectivity index is 2.20. The molecule has 0 radical (unpaired) electrons. The molecule has 0 aromatic heterocycles. The molecule has 0 saturated carbocycles. The van der Waals surface area contributed by atoms with Gasteiger partial charge in [0.2, 0.25) is 0 Å². The molecule has 148 valence electrons. The van der Waals surface area contributed by atoms with Gasteiger partial charge in [0.25, 0.3) is 0 Å². The molecule has 2 bridgehead atoms. The normalized spacial score (nSPS) is 25.4. The molecule has 3 atom stereocenters. The van der Waals surface area contributed by atoms with Crippen LogP contribution >= 0.6 is 0 Å². The van der Waals surface area contributed by atoms with E-state index in [1.54, 1.807) is 6.08 Å². The molecule has 2 aliphatic rings. The zero-order valence-corrected chi connectivity index (χ0v) is 16.0. The van der Waals surface area contributed by atoms with Crippen LogP contribution in [0.25, 0.3) is 0 Å². The van der Waals surface area contributed by atoms with E-state index in [2.05, 4.69) is 6.58 Å². The highest BCUT2D eigenvalue weighted by Crippen LogP contribution is 2.55. The van der Waals surface area contributed by atoms with Crippen LogP contribution in [0.2, 0.25) is 0 Å². The van der Waals surface area contributed by atoms with Gasteiger partial charge in [-0.1, -0.05) is 30.3 Å². The Kier molecular flexibility index (Phi) is 5.38. The Morgan fingerprint density at radius 1 is 1.14 bits per heavy atom. The van der Waals surface area contributed by atoms with Crippen molar-refractivity contribution >= 4 is 17.9 Å². The van der Waals surface area contributed by atoms with Gasteiger partial charge in [0.05, 0.1) is 38.6 Å². The van der Waals surface area contributed by atoms with Gasteiger partial charge in [0, 0.05) is 12.3 Å². The van der Waals surface area contributed by atoms with Crippen LogP contribution in [0.1, 0.15) is 23.5 Å². The van der Waals surface area contributed by atoms with Gasteiger partial charge in [-0.05, 0) is 17.5 Å². The number of rotatable bonds is 6. The van der Waals surface area contributed by atoms with E-state index in [4.69, 9.17) is 18.9 Å². The number of hydrogen-bond donors (Lipinski definition) is 0. The van der Waals surface area contributed by atoms with E-state index < -0.39 is 29.6 Å². The van der Waals surface area contributed by atoms with Crippen molar-refractivity contribution in [3.63, 3.8) is 0 Å². The van der Waals surface area contributed by atoms with Crippen molar-refractivity contribution < 1.29 is 33.3 Å². The minimum atomic E-state index is -1.71. The molecule has 1 saturated heterocycles. The predicted octanol–water partition coefficient (Wildman–Crippen LogP) is 1.86. The number of esters is 3. The molecular formula is C21H22O7. The average molecular weight is 386 g/mol. The van der Waals surface area contributed by atoms with Gasteiger partial charge in [0.1, 0.15) is 0 Å². The van der Waals surface area contributed by atoms with Crippen molar-refractivity contribution in [2.45, 2.75) is 30.5 Å². The van der Waals surface area contributed by atoms with E-state index in [1.165, 1.54) is 21.3 Å². The number of methoxy groups -OCH3 is 3. The van der Waals surface area contributed by atoms with E-state index in [0.717, 1.165) is 11.1 Å². The Morgan fingerprint density at radius 2 is 1.82 bits per heavy atom. The fourth-order valence-electron chi connectivity index (χ4n) is 4.16. The van der Waals surface area contributed by atoms with E-state index >= 15 is 0 Å². The first-order valence-electron chi connectivity index (χ1n) is 8.81. The van der Waals surface area contributed by atoms with E-state index in [0.29, 0.717) is 6.42 Å². The number of hydrogen-bond acceptors (Lipinski definition) is 7. The van der Waals surface area contributed by atoms with E-state index in [1.807, 2.05) is 24.3 Å². The summed E-state index contributed by atoms with van der Waals surface area (Å²) < 4.78 is 20.6. The lowest BCUT2D eigenvalue weighted by Crippen LogP contribution is -2.43. The van der Waals surface area contributed by atoms with Crippen LogP contribution in [0.3, 0.4) is 0 Å². The minimum Gasteiger partial charge on any atom is -0.467 e. The third kappa shape index (κ3) is 2.82. The lowest BCUT2D eigenvalue weighted by Gasteiger charge is -2.28. The lowest BCUT2D eigenvalue weighted by atomic mass is 9.72. The van der Waals surface area contributed by atoms with Crippen molar-refractivity contribution in [1.82, 2.24) is 0 Å². The van der Waals surface area contributed by atoms with Gasteiger partial charge in [-0.3, -0.25) is 0 Å². The molecule has 7 heteroatoms. The van der Waals surface area contributed by atoms with Gasteiger partial charge in [-0.2, -0.15) is 0 Å².